The van der Waals surface area contributed by atoms with E-state index in [2.05, 4.69) is 0 Å². The Kier molecular flexibility index (Phi) is 3.28. The highest BCUT2D eigenvalue weighted by Gasteiger charge is 2.01. The Morgan fingerprint density at radius 2 is 2.23 bits per heavy atom. The number of benzene rings is 1. The van der Waals surface area contributed by atoms with E-state index in [1.165, 1.54) is 12.1 Å². The first kappa shape index (κ1) is 9.54. The zero-order chi connectivity index (χ0) is 9.68. The van der Waals surface area contributed by atoms with Crippen molar-refractivity contribution in [1.29, 1.82) is 0 Å². The van der Waals surface area contributed by atoms with E-state index in [0.29, 0.717) is 12.0 Å². The van der Waals surface area contributed by atoms with Crippen molar-refractivity contribution in [1.82, 2.24) is 0 Å². The monoisotopic (exact) mass is 182 g/mol. The number of phenols is 1. The molecule has 4 nitrogen and oxygen atoms in total. The molecule has 1 aromatic rings. The number of carbonyl (C=O) groups is 1. The minimum atomic E-state index is -0.120. The van der Waals surface area contributed by atoms with Gasteiger partial charge in [0.25, 0.3) is 0 Å². The molecule has 0 aliphatic heterocycles. The minimum absolute atomic E-state index is 0.0871. The van der Waals surface area contributed by atoms with Gasteiger partial charge in [0, 0.05) is 6.07 Å². The lowest BCUT2D eigenvalue weighted by Crippen LogP contribution is -2.01. The van der Waals surface area contributed by atoms with Gasteiger partial charge in [-0.25, -0.2) is 0 Å². The fourth-order valence-corrected chi connectivity index (χ4v) is 0.876. The molecule has 0 unspecified atom stereocenters. The maximum absolute atomic E-state index is 10.3. The molecule has 0 amide bonds. The van der Waals surface area contributed by atoms with Crippen LogP contribution in [0.1, 0.15) is 10.4 Å². The third-order valence-corrected chi connectivity index (χ3v) is 1.49. The van der Waals surface area contributed by atoms with Gasteiger partial charge in [0.15, 0.2) is 6.29 Å². The molecule has 1 rings (SSSR count). The van der Waals surface area contributed by atoms with Gasteiger partial charge in [-0.2, -0.15) is 0 Å². The van der Waals surface area contributed by atoms with Crippen LogP contribution in [0.4, 0.5) is 0 Å². The summed E-state index contributed by atoms with van der Waals surface area (Å²) in [5, 5.41) is 17.7. The van der Waals surface area contributed by atoms with Crippen LogP contribution in [0, 0.1) is 0 Å². The zero-order valence-corrected chi connectivity index (χ0v) is 6.93. The summed E-state index contributed by atoms with van der Waals surface area (Å²) in [4.78, 5) is 10.3. The largest absolute Gasteiger partial charge is 0.507 e. The molecular weight excluding hydrogens is 172 g/mol. The lowest BCUT2D eigenvalue weighted by atomic mass is 10.2. The molecule has 4 heteroatoms. The lowest BCUT2D eigenvalue weighted by molar-refractivity contribution is 0.112. The molecule has 70 valence electrons. The van der Waals surface area contributed by atoms with Gasteiger partial charge in [-0.05, 0) is 12.1 Å². The molecule has 13 heavy (non-hydrogen) atoms. The lowest BCUT2D eigenvalue weighted by Gasteiger charge is -2.04. The van der Waals surface area contributed by atoms with Crippen molar-refractivity contribution in [3.8, 4) is 11.5 Å². The fraction of sp³-hybridized carbons (Fsp3) is 0.222. The quantitative estimate of drug-likeness (QED) is 0.668. The molecule has 0 saturated heterocycles. The van der Waals surface area contributed by atoms with E-state index >= 15 is 0 Å². The number of aldehydes is 1. The second kappa shape index (κ2) is 4.47. The Hall–Kier alpha value is -1.55. The van der Waals surface area contributed by atoms with E-state index in [4.69, 9.17) is 9.84 Å². The van der Waals surface area contributed by atoms with Crippen LogP contribution >= 0.6 is 0 Å². The van der Waals surface area contributed by atoms with Crippen molar-refractivity contribution in [2.45, 2.75) is 0 Å². The van der Waals surface area contributed by atoms with E-state index in [0.717, 1.165) is 0 Å². The molecule has 2 N–H and O–H groups in total. The normalized spacial score (nSPS) is 9.62. The second-order valence-corrected chi connectivity index (χ2v) is 2.41. The summed E-state index contributed by atoms with van der Waals surface area (Å²) in [6.45, 7) is 0.0794. The number of ether oxygens (including phenoxy) is 1. The number of aliphatic hydroxyl groups is 1. The number of phenolic OH excluding ortho intramolecular Hbond substituents is 1. The summed E-state index contributed by atoms with van der Waals surface area (Å²) < 4.78 is 5.01. The van der Waals surface area contributed by atoms with Gasteiger partial charge in [0.2, 0.25) is 0 Å². The van der Waals surface area contributed by atoms with Crippen LogP contribution in [0.15, 0.2) is 18.2 Å². The first-order valence-electron chi connectivity index (χ1n) is 3.80. The van der Waals surface area contributed by atoms with Crippen molar-refractivity contribution < 1.29 is 19.7 Å². The Morgan fingerprint density at radius 1 is 1.46 bits per heavy atom. The summed E-state index contributed by atoms with van der Waals surface area (Å²) >= 11 is 0. The van der Waals surface area contributed by atoms with Crippen LogP contribution in [0.5, 0.6) is 11.5 Å². The number of aromatic hydroxyl groups is 1. The topological polar surface area (TPSA) is 66.8 Å². The summed E-state index contributed by atoms with van der Waals surface area (Å²) in [5.41, 5.74) is 0.219. The second-order valence-electron chi connectivity index (χ2n) is 2.41. The number of hydrogen-bond acceptors (Lipinski definition) is 4. The molecule has 0 aromatic heterocycles. The number of aliphatic hydroxyl groups excluding tert-OH is 1. The van der Waals surface area contributed by atoms with Crippen molar-refractivity contribution in [2.24, 2.45) is 0 Å². The predicted octanol–water partition coefficient (Wildman–Crippen LogP) is 0.576. The Balaban J connectivity index is 2.77. The first-order chi connectivity index (χ1) is 6.27. The van der Waals surface area contributed by atoms with Crippen molar-refractivity contribution >= 4 is 6.29 Å². The molecule has 0 heterocycles. The van der Waals surface area contributed by atoms with Gasteiger partial charge >= 0.3 is 0 Å². The van der Waals surface area contributed by atoms with Crippen LogP contribution in [-0.4, -0.2) is 29.7 Å². The summed E-state index contributed by atoms with van der Waals surface area (Å²) in [6.07, 6.45) is 0.561. The van der Waals surface area contributed by atoms with Crippen molar-refractivity contribution in [2.75, 3.05) is 13.2 Å². The van der Waals surface area contributed by atoms with Crippen LogP contribution in [0.25, 0.3) is 0 Å². The molecule has 0 saturated carbocycles. The molecular formula is C9H10O4. The average molecular weight is 182 g/mol. The molecule has 0 spiro atoms. The van der Waals surface area contributed by atoms with Gasteiger partial charge in [0.05, 0.1) is 12.2 Å². The Bertz CT molecular complexity index is 296. The third-order valence-electron chi connectivity index (χ3n) is 1.49. The molecule has 0 fully saturated rings. The summed E-state index contributed by atoms with van der Waals surface area (Å²) in [5.74, 6) is 0.308. The zero-order valence-electron chi connectivity index (χ0n) is 6.93. The molecule has 0 radical (unpaired) electrons. The van der Waals surface area contributed by atoms with Crippen LogP contribution in [0.3, 0.4) is 0 Å². The summed E-state index contributed by atoms with van der Waals surface area (Å²) in [7, 11) is 0. The highest BCUT2D eigenvalue weighted by Crippen LogP contribution is 2.21. The first-order valence-corrected chi connectivity index (χ1v) is 3.80. The van der Waals surface area contributed by atoms with Gasteiger partial charge in [-0.15, -0.1) is 0 Å². The van der Waals surface area contributed by atoms with Gasteiger partial charge in [-0.1, -0.05) is 0 Å². The van der Waals surface area contributed by atoms with E-state index in [1.807, 2.05) is 0 Å². The van der Waals surface area contributed by atoms with Gasteiger partial charge in [-0.3, -0.25) is 4.79 Å². The molecule has 0 aliphatic rings. The van der Waals surface area contributed by atoms with E-state index in [1.54, 1.807) is 6.07 Å². The highest BCUT2D eigenvalue weighted by molar-refractivity contribution is 5.79. The van der Waals surface area contributed by atoms with Gasteiger partial charge in [0.1, 0.15) is 18.1 Å². The molecule has 0 atom stereocenters. The number of carbonyl (C=O) groups excluding carboxylic acids is 1. The highest BCUT2D eigenvalue weighted by atomic mass is 16.5. The van der Waals surface area contributed by atoms with Gasteiger partial charge < -0.3 is 14.9 Å². The molecule has 0 bridgehead atoms. The number of rotatable bonds is 4. The third kappa shape index (κ3) is 2.45. The van der Waals surface area contributed by atoms with Crippen LogP contribution in [0.2, 0.25) is 0 Å². The Morgan fingerprint density at radius 3 is 2.77 bits per heavy atom. The maximum atomic E-state index is 10.3. The Labute approximate surface area is 75.4 Å². The van der Waals surface area contributed by atoms with Crippen molar-refractivity contribution in [3.05, 3.63) is 23.8 Å². The minimum Gasteiger partial charge on any atom is -0.507 e. The van der Waals surface area contributed by atoms with Crippen LogP contribution < -0.4 is 4.74 Å². The SMILES string of the molecule is O=Cc1ccc(OCCO)cc1O. The number of hydrogen-bond donors (Lipinski definition) is 2. The average Bonchev–Trinajstić information content (AvgIpc) is 2.15. The van der Waals surface area contributed by atoms with E-state index in [9.17, 15) is 9.90 Å². The fourth-order valence-electron chi connectivity index (χ4n) is 0.876. The summed E-state index contributed by atoms with van der Waals surface area (Å²) in [6, 6.07) is 4.34. The molecule has 0 aliphatic carbocycles. The smallest absolute Gasteiger partial charge is 0.153 e. The van der Waals surface area contributed by atoms with Crippen LogP contribution in [-0.2, 0) is 0 Å². The maximum Gasteiger partial charge on any atom is 0.153 e. The predicted molar refractivity (Wildman–Crippen MR) is 46.1 cm³/mol. The standard InChI is InChI=1S/C9H10O4/c10-3-4-13-8-2-1-7(6-11)9(12)5-8/h1-2,5-6,10,12H,3-4H2. The van der Waals surface area contributed by atoms with E-state index in [-0.39, 0.29) is 24.5 Å². The van der Waals surface area contributed by atoms with E-state index < -0.39 is 0 Å². The van der Waals surface area contributed by atoms with Crippen molar-refractivity contribution in [3.63, 3.8) is 0 Å². The molecule has 1 aromatic carbocycles.